The van der Waals surface area contributed by atoms with Crippen molar-refractivity contribution in [1.29, 1.82) is 0 Å². The number of aliphatic imine (C=N–C) groups is 1. The fourth-order valence-electron chi connectivity index (χ4n) is 2.22. The fourth-order valence-corrected chi connectivity index (χ4v) is 3.22. The molecule has 0 aromatic carbocycles. The molecule has 8 heteroatoms. The highest BCUT2D eigenvalue weighted by atomic mass is 32.2. The van der Waals surface area contributed by atoms with Crippen LogP contribution in [-0.2, 0) is 16.6 Å². The minimum atomic E-state index is -3.24. The average molecular weight is 342 g/mol. The highest BCUT2D eigenvalue weighted by Crippen LogP contribution is 2.25. The second kappa shape index (κ2) is 8.93. The zero-order valence-corrected chi connectivity index (χ0v) is 14.4. The van der Waals surface area contributed by atoms with Gasteiger partial charge in [0.15, 0.2) is 5.96 Å². The summed E-state index contributed by atoms with van der Waals surface area (Å²) < 4.78 is 31.8. The number of hydrogen-bond donors (Lipinski definition) is 3. The molecule has 1 aromatic heterocycles. The second-order valence-corrected chi connectivity index (χ2v) is 7.59. The highest BCUT2D eigenvalue weighted by Gasteiger charge is 2.19. The van der Waals surface area contributed by atoms with E-state index in [1.54, 1.807) is 6.26 Å². The van der Waals surface area contributed by atoms with Gasteiger partial charge < -0.3 is 15.1 Å². The maximum absolute atomic E-state index is 11.9. The van der Waals surface area contributed by atoms with E-state index in [1.165, 1.54) is 6.42 Å². The van der Waals surface area contributed by atoms with E-state index in [0.29, 0.717) is 38.1 Å². The van der Waals surface area contributed by atoms with Gasteiger partial charge >= 0.3 is 0 Å². The Hall–Kier alpha value is -1.54. The molecule has 0 unspecified atom stereocenters. The molecule has 1 aliphatic carbocycles. The molecular weight excluding hydrogens is 316 g/mol. The molecule has 1 aromatic rings. The van der Waals surface area contributed by atoms with Crippen LogP contribution in [0.2, 0.25) is 0 Å². The van der Waals surface area contributed by atoms with Gasteiger partial charge in [-0.3, -0.25) is 0 Å². The van der Waals surface area contributed by atoms with E-state index >= 15 is 0 Å². The van der Waals surface area contributed by atoms with Crippen molar-refractivity contribution in [2.45, 2.75) is 32.7 Å². The van der Waals surface area contributed by atoms with Crippen molar-refractivity contribution >= 4 is 16.0 Å². The third-order valence-electron chi connectivity index (χ3n) is 3.80. The molecule has 0 aliphatic heterocycles. The second-order valence-electron chi connectivity index (χ2n) is 5.67. The Morgan fingerprint density at radius 2 is 2.22 bits per heavy atom. The van der Waals surface area contributed by atoms with Crippen LogP contribution in [0.4, 0.5) is 0 Å². The van der Waals surface area contributed by atoms with Gasteiger partial charge in [0, 0.05) is 19.6 Å². The lowest BCUT2D eigenvalue weighted by molar-refractivity contribution is 0.316. The first kappa shape index (κ1) is 17.8. The lowest BCUT2D eigenvalue weighted by Gasteiger charge is -2.25. The van der Waals surface area contributed by atoms with Gasteiger partial charge in [-0.2, -0.15) is 0 Å². The van der Waals surface area contributed by atoms with Gasteiger partial charge in [0.2, 0.25) is 10.0 Å². The van der Waals surface area contributed by atoms with Crippen molar-refractivity contribution in [1.82, 2.24) is 15.4 Å². The Bertz CT molecular complexity index is 580. The molecule has 1 saturated carbocycles. The SMILES string of the molecule is CCNC(=NCc1ccco1)NCCS(=O)(=O)NCC1CCC1. The van der Waals surface area contributed by atoms with E-state index in [4.69, 9.17) is 4.42 Å². The maximum Gasteiger partial charge on any atom is 0.213 e. The predicted octanol–water partition coefficient (Wildman–Crippen LogP) is 1.05. The van der Waals surface area contributed by atoms with Crippen molar-refractivity contribution in [3.05, 3.63) is 24.2 Å². The standard InChI is InChI=1S/C15H26N4O3S/c1-2-16-15(18-12-14-7-4-9-22-14)17-8-10-23(20,21)19-11-13-5-3-6-13/h4,7,9,13,19H,2-3,5-6,8,10-12H2,1H3,(H2,16,17,18). The molecule has 0 amide bonds. The van der Waals surface area contributed by atoms with Crippen LogP contribution in [0.5, 0.6) is 0 Å². The van der Waals surface area contributed by atoms with E-state index in [1.807, 2.05) is 19.1 Å². The molecule has 1 heterocycles. The molecule has 130 valence electrons. The van der Waals surface area contributed by atoms with Gasteiger partial charge in [-0.25, -0.2) is 18.1 Å². The van der Waals surface area contributed by atoms with Crippen molar-refractivity contribution in [2.75, 3.05) is 25.4 Å². The summed E-state index contributed by atoms with van der Waals surface area (Å²) in [7, 11) is -3.24. The molecule has 1 fully saturated rings. The first-order valence-electron chi connectivity index (χ1n) is 8.11. The molecule has 1 aliphatic rings. The van der Waals surface area contributed by atoms with E-state index in [9.17, 15) is 8.42 Å². The maximum atomic E-state index is 11.9. The largest absolute Gasteiger partial charge is 0.467 e. The molecular formula is C15H26N4O3S. The molecule has 2 rings (SSSR count). The van der Waals surface area contributed by atoms with Gasteiger partial charge in [0.25, 0.3) is 0 Å². The lowest BCUT2D eigenvalue weighted by atomic mass is 9.86. The smallest absolute Gasteiger partial charge is 0.213 e. The van der Waals surface area contributed by atoms with Gasteiger partial charge in [0.05, 0.1) is 12.0 Å². The van der Waals surface area contributed by atoms with Crippen molar-refractivity contribution in [3.63, 3.8) is 0 Å². The summed E-state index contributed by atoms with van der Waals surface area (Å²) in [6.07, 6.45) is 5.08. The van der Waals surface area contributed by atoms with E-state index in [2.05, 4.69) is 20.3 Å². The third kappa shape index (κ3) is 6.62. The Balaban J connectivity index is 1.72. The molecule has 0 radical (unpaired) electrons. The fraction of sp³-hybridized carbons (Fsp3) is 0.667. The summed E-state index contributed by atoms with van der Waals surface area (Å²) in [5, 5.41) is 6.11. The Labute approximate surface area is 138 Å². The summed E-state index contributed by atoms with van der Waals surface area (Å²) in [6, 6.07) is 3.66. The summed E-state index contributed by atoms with van der Waals surface area (Å²) >= 11 is 0. The van der Waals surface area contributed by atoms with Crippen molar-refractivity contribution < 1.29 is 12.8 Å². The molecule has 0 saturated heterocycles. The number of rotatable bonds is 9. The van der Waals surface area contributed by atoms with Crippen LogP contribution in [0, 0.1) is 5.92 Å². The van der Waals surface area contributed by atoms with Crippen LogP contribution >= 0.6 is 0 Å². The van der Waals surface area contributed by atoms with Gasteiger partial charge in [0.1, 0.15) is 12.3 Å². The van der Waals surface area contributed by atoms with Crippen LogP contribution in [0.1, 0.15) is 31.9 Å². The minimum Gasteiger partial charge on any atom is -0.467 e. The number of nitrogens with one attached hydrogen (secondary N) is 3. The molecule has 23 heavy (non-hydrogen) atoms. The van der Waals surface area contributed by atoms with Crippen LogP contribution in [0.15, 0.2) is 27.8 Å². The van der Waals surface area contributed by atoms with Gasteiger partial charge in [-0.1, -0.05) is 6.42 Å². The van der Waals surface area contributed by atoms with Crippen molar-refractivity contribution in [3.8, 4) is 0 Å². The van der Waals surface area contributed by atoms with E-state index in [-0.39, 0.29) is 5.75 Å². The first-order valence-corrected chi connectivity index (χ1v) is 9.76. The Kier molecular flexibility index (Phi) is 6.91. The topological polar surface area (TPSA) is 95.7 Å². The lowest BCUT2D eigenvalue weighted by Crippen LogP contribution is -2.42. The van der Waals surface area contributed by atoms with E-state index in [0.717, 1.165) is 18.6 Å². The summed E-state index contributed by atoms with van der Waals surface area (Å²) in [5.41, 5.74) is 0. The first-order chi connectivity index (χ1) is 11.1. The highest BCUT2D eigenvalue weighted by molar-refractivity contribution is 7.89. The minimum absolute atomic E-state index is 0.0326. The molecule has 0 atom stereocenters. The monoisotopic (exact) mass is 342 g/mol. The normalized spacial score (nSPS) is 16.1. The van der Waals surface area contributed by atoms with Gasteiger partial charge in [-0.15, -0.1) is 0 Å². The van der Waals surface area contributed by atoms with Gasteiger partial charge in [-0.05, 0) is 37.8 Å². The number of furan rings is 1. The van der Waals surface area contributed by atoms with Crippen LogP contribution < -0.4 is 15.4 Å². The summed E-state index contributed by atoms with van der Waals surface area (Å²) in [5.74, 6) is 1.89. The number of guanidine groups is 1. The number of nitrogens with zero attached hydrogens (tertiary/aromatic N) is 1. The Morgan fingerprint density at radius 1 is 1.39 bits per heavy atom. The third-order valence-corrected chi connectivity index (χ3v) is 5.15. The van der Waals surface area contributed by atoms with E-state index < -0.39 is 10.0 Å². The van der Waals surface area contributed by atoms with Crippen LogP contribution in [0.3, 0.4) is 0 Å². The number of sulfonamides is 1. The van der Waals surface area contributed by atoms with Crippen LogP contribution in [0.25, 0.3) is 0 Å². The molecule has 0 bridgehead atoms. The predicted molar refractivity (Wildman–Crippen MR) is 90.7 cm³/mol. The Morgan fingerprint density at radius 3 is 2.83 bits per heavy atom. The van der Waals surface area contributed by atoms with Crippen molar-refractivity contribution in [2.24, 2.45) is 10.9 Å². The zero-order valence-electron chi connectivity index (χ0n) is 13.5. The molecule has 0 spiro atoms. The molecule has 7 nitrogen and oxygen atoms in total. The number of hydrogen-bond acceptors (Lipinski definition) is 4. The quantitative estimate of drug-likeness (QED) is 0.461. The summed E-state index contributed by atoms with van der Waals surface area (Å²) in [6.45, 7) is 3.95. The molecule has 3 N–H and O–H groups in total. The van der Waals surface area contributed by atoms with Crippen LogP contribution in [-0.4, -0.2) is 39.8 Å². The summed E-state index contributed by atoms with van der Waals surface area (Å²) in [4.78, 5) is 4.36. The zero-order chi connectivity index (χ0) is 16.5. The average Bonchev–Trinajstić information content (AvgIpc) is 2.96.